The third kappa shape index (κ3) is 3.77. The number of ether oxygens (including phenoxy) is 1. The quantitative estimate of drug-likeness (QED) is 0.792. The van der Waals surface area contributed by atoms with E-state index in [4.69, 9.17) is 15.4 Å². The van der Waals surface area contributed by atoms with Gasteiger partial charge in [-0.15, -0.1) is 0 Å². The molecule has 21 heavy (non-hydrogen) atoms. The van der Waals surface area contributed by atoms with E-state index in [1.54, 1.807) is 20.0 Å². The number of hydrogen-bond acceptors (Lipinski definition) is 4. The van der Waals surface area contributed by atoms with Crippen molar-refractivity contribution in [2.45, 2.75) is 32.2 Å². The van der Waals surface area contributed by atoms with Crippen molar-refractivity contribution in [3.05, 3.63) is 41.5 Å². The number of imidazole rings is 1. The minimum atomic E-state index is -3.72. The van der Waals surface area contributed by atoms with Gasteiger partial charge in [0, 0.05) is 23.1 Å². The zero-order valence-corrected chi connectivity index (χ0v) is 13.7. The van der Waals surface area contributed by atoms with E-state index in [0.717, 1.165) is 17.0 Å². The van der Waals surface area contributed by atoms with Crippen LogP contribution in [0.25, 0.3) is 0 Å². The van der Waals surface area contributed by atoms with Crippen molar-refractivity contribution in [3.63, 3.8) is 0 Å². The van der Waals surface area contributed by atoms with Crippen molar-refractivity contribution in [2.75, 3.05) is 6.61 Å². The van der Waals surface area contributed by atoms with Crippen molar-refractivity contribution in [3.8, 4) is 5.75 Å². The van der Waals surface area contributed by atoms with Gasteiger partial charge in [-0.2, -0.15) is 0 Å². The van der Waals surface area contributed by atoms with Crippen molar-refractivity contribution in [1.29, 1.82) is 0 Å². The number of halogens is 1. The summed E-state index contributed by atoms with van der Waals surface area (Å²) in [6.45, 7) is 6.69. The first-order valence-electron chi connectivity index (χ1n) is 6.45. The summed E-state index contributed by atoms with van der Waals surface area (Å²) in [6, 6.07) is 3.04. The predicted octanol–water partition coefficient (Wildman–Crippen LogP) is 2.81. The van der Waals surface area contributed by atoms with Crippen LogP contribution in [0, 0.1) is 20.8 Å². The van der Waals surface area contributed by atoms with E-state index in [2.05, 4.69) is 4.98 Å². The molecule has 0 aliphatic rings. The van der Waals surface area contributed by atoms with Crippen LogP contribution in [0.15, 0.2) is 29.4 Å². The van der Waals surface area contributed by atoms with Crippen LogP contribution in [0.5, 0.6) is 5.75 Å². The molecule has 0 aliphatic heterocycles. The maximum atomic E-state index is 11.4. The maximum Gasteiger partial charge on any atom is 0.261 e. The average molecular weight is 329 g/mol. The van der Waals surface area contributed by atoms with Crippen LogP contribution >= 0.6 is 10.7 Å². The van der Waals surface area contributed by atoms with Gasteiger partial charge in [0.05, 0.1) is 11.4 Å². The molecular weight excluding hydrogens is 312 g/mol. The predicted molar refractivity (Wildman–Crippen MR) is 81.4 cm³/mol. The molecule has 0 N–H and O–H groups in total. The second-order valence-corrected chi connectivity index (χ2v) is 7.41. The fourth-order valence-corrected chi connectivity index (χ4v) is 3.07. The Morgan fingerprint density at radius 2 is 1.86 bits per heavy atom. The third-order valence-electron chi connectivity index (χ3n) is 3.22. The first-order chi connectivity index (χ1) is 9.79. The molecule has 114 valence electrons. The highest BCUT2D eigenvalue weighted by atomic mass is 35.7. The molecule has 0 radical (unpaired) electrons. The Kier molecular flexibility index (Phi) is 4.58. The number of nitrogens with zero attached hydrogens (tertiary/aromatic N) is 2. The average Bonchev–Trinajstić information content (AvgIpc) is 2.77. The van der Waals surface area contributed by atoms with Crippen molar-refractivity contribution >= 4 is 19.7 Å². The standard InChI is InChI=1S/C14H17ClN2O3S/c1-10-8-13(21(15,18)19)9-11(2)14(10)20-7-6-17-5-4-16-12(17)3/h4-5,8-9H,6-7H2,1-3H3. The summed E-state index contributed by atoms with van der Waals surface area (Å²) in [5, 5.41) is 0. The van der Waals surface area contributed by atoms with Crippen LogP contribution in [-0.2, 0) is 15.6 Å². The highest BCUT2D eigenvalue weighted by Gasteiger charge is 2.14. The van der Waals surface area contributed by atoms with Gasteiger partial charge >= 0.3 is 0 Å². The Morgan fingerprint density at radius 1 is 1.24 bits per heavy atom. The third-order valence-corrected chi connectivity index (χ3v) is 4.55. The molecule has 0 fully saturated rings. The van der Waals surface area contributed by atoms with E-state index in [9.17, 15) is 8.42 Å². The molecule has 0 amide bonds. The van der Waals surface area contributed by atoms with Crippen LogP contribution in [-0.4, -0.2) is 24.6 Å². The van der Waals surface area contributed by atoms with Gasteiger partial charge < -0.3 is 9.30 Å². The lowest BCUT2D eigenvalue weighted by atomic mass is 10.1. The van der Waals surface area contributed by atoms with Crippen LogP contribution < -0.4 is 4.74 Å². The van der Waals surface area contributed by atoms with Crippen molar-refractivity contribution in [1.82, 2.24) is 9.55 Å². The molecule has 0 atom stereocenters. The number of aromatic nitrogens is 2. The molecule has 0 saturated heterocycles. The van der Waals surface area contributed by atoms with E-state index in [1.165, 1.54) is 12.1 Å². The van der Waals surface area contributed by atoms with Crippen molar-refractivity contribution < 1.29 is 13.2 Å². The summed E-state index contributed by atoms with van der Waals surface area (Å²) in [5.74, 6) is 1.62. The van der Waals surface area contributed by atoms with Crippen LogP contribution in [0.3, 0.4) is 0 Å². The fraction of sp³-hybridized carbons (Fsp3) is 0.357. The van der Waals surface area contributed by atoms with Crippen LogP contribution in [0.4, 0.5) is 0 Å². The lowest BCUT2D eigenvalue weighted by molar-refractivity contribution is 0.293. The summed E-state index contributed by atoms with van der Waals surface area (Å²) in [4.78, 5) is 4.24. The fourth-order valence-electron chi connectivity index (χ4n) is 2.17. The SMILES string of the molecule is Cc1cc(S(=O)(=O)Cl)cc(C)c1OCCn1ccnc1C. The van der Waals surface area contributed by atoms with E-state index < -0.39 is 9.05 Å². The number of benzene rings is 1. The molecule has 0 unspecified atom stereocenters. The summed E-state index contributed by atoms with van der Waals surface area (Å²) in [5.41, 5.74) is 1.49. The van der Waals surface area contributed by atoms with Gasteiger partial charge in [-0.25, -0.2) is 13.4 Å². The largest absolute Gasteiger partial charge is 0.491 e. The van der Waals surface area contributed by atoms with Gasteiger partial charge in [0.15, 0.2) is 0 Å². The minimum absolute atomic E-state index is 0.0944. The summed E-state index contributed by atoms with van der Waals surface area (Å²) in [7, 11) is 1.64. The topological polar surface area (TPSA) is 61.2 Å². The Bertz CT molecular complexity index is 730. The maximum absolute atomic E-state index is 11.4. The van der Waals surface area contributed by atoms with Gasteiger partial charge in [0.2, 0.25) is 0 Å². The van der Waals surface area contributed by atoms with E-state index in [1.807, 2.05) is 17.7 Å². The zero-order chi connectivity index (χ0) is 15.6. The van der Waals surface area contributed by atoms with Crippen LogP contribution in [0.2, 0.25) is 0 Å². The smallest absolute Gasteiger partial charge is 0.261 e. The van der Waals surface area contributed by atoms with Crippen molar-refractivity contribution in [2.24, 2.45) is 0 Å². The summed E-state index contributed by atoms with van der Waals surface area (Å²) >= 11 is 0. The number of aryl methyl sites for hydroxylation is 3. The molecule has 0 bridgehead atoms. The lowest BCUT2D eigenvalue weighted by Crippen LogP contribution is -2.10. The van der Waals surface area contributed by atoms with Gasteiger partial charge in [-0.3, -0.25) is 0 Å². The minimum Gasteiger partial charge on any atom is -0.491 e. The van der Waals surface area contributed by atoms with Crippen LogP contribution in [0.1, 0.15) is 17.0 Å². The molecule has 1 aromatic carbocycles. The molecule has 2 rings (SSSR count). The molecule has 5 nitrogen and oxygen atoms in total. The molecule has 0 saturated carbocycles. The summed E-state index contributed by atoms with van der Waals surface area (Å²) < 4.78 is 30.5. The highest BCUT2D eigenvalue weighted by molar-refractivity contribution is 8.13. The zero-order valence-electron chi connectivity index (χ0n) is 12.1. The Balaban J connectivity index is 2.12. The molecular formula is C14H17ClN2O3S. The number of hydrogen-bond donors (Lipinski definition) is 0. The first kappa shape index (κ1) is 15.9. The molecule has 0 aliphatic carbocycles. The lowest BCUT2D eigenvalue weighted by Gasteiger charge is -2.14. The van der Waals surface area contributed by atoms with E-state index >= 15 is 0 Å². The van der Waals surface area contributed by atoms with Gasteiger partial charge in [0.25, 0.3) is 9.05 Å². The monoisotopic (exact) mass is 328 g/mol. The highest BCUT2D eigenvalue weighted by Crippen LogP contribution is 2.28. The van der Waals surface area contributed by atoms with E-state index in [-0.39, 0.29) is 4.90 Å². The Labute approximate surface area is 128 Å². The molecule has 1 heterocycles. The van der Waals surface area contributed by atoms with Gasteiger partial charge in [-0.1, -0.05) is 0 Å². The molecule has 0 spiro atoms. The first-order valence-corrected chi connectivity index (χ1v) is 8.76. The van der Waals surface area contributed by atoms with Gasteiger partial charge in [0.1, 0.15) is 18.2 Å². The molecule has 7 heteroatoms. The Hall–Kier alpha value is -1.53. The molecule has 1 aromatic heterocycles. The van der Waals surface area contributed by atoms with Gasteiger partial charge in [-0.05, 0) is 44.0 Å². The van der Waals surface area contributed by atoms with E-state index in [0.29, 0.717) is 18.9 Å². The summed E-state index contributed by atoms with van der Waals surface area (Å²) in [6.07, 6.45) is 3.63. The number of rotatable bonds is 5. The molecule has 2 aromatic rings. The second kappa shape index (κ2) is 6.07. The second-order valence-electron chi connectivity index (χ2n) is 4.84. The Morgan fingerprint density at radius 3 is 2.33 bits per heavy atom. The normalized spacial score (nSPS) is 11.6.